The molecule has 126 valence electrons. The molecule has 0 fully saturated rings. The van der Waals surface area contributed by atoms with Crippen LogP contribution in [0.4, 0.5) is 0 Å². The number of nitrogens with one attached hydrogen (secondary N) is 1. The summed E-state index contributed by atoms with van der Waals surface area (Å²) in [5.41, 5.74) is 2.63. The average molecular weight is 397 g/mol. The smallest absolute Gasteiger partial charge is 0.252 e. The van der Waals surface area contributed by atoms with Crippen molar-refractivity contribution in [2.24, 2.45) is 0 Å². The molecule has 3 rings (SSSR count). The summed E-state index contributed by atoms with van der Waals surface area (Å²) in [7, 11) is 0. The van der Waals surface area contributed by atoms with Crippen LogP contribution in [0.5, 0.6) is 0 Å². The number of carbonyl (C=O) groups is 1. The minimum Gasteiger partial charge on any atom is -0.348 e. The van der Waals surface area contributed by atoms with Crippen LogP contribution >= 0.6 is 15.9 Å². The summed E-state index contributed by atoms with van der Waals surface area (Å²) in [6.07, 6.45) is 1.77. The van der Waals surface area contributed by atoms with Crippen molar-refractivity contribution in [3.05, 3.63) is 104 Å². The summed E-state index contributed by atoms with van der Waals surface area (Å²) in [5, 5.41) is 2.91. The van der Waals surface area contributed by atoms with E-state index in [0.29, 0.717) is 18.7 Å². The van der Waals surface area contributed by atoms with E-state index >= 15 is 0 Å². The Kier molecular flexibility index (Phi) is 5.46. The van der Waals surface area contributed by atoms with Crippen molar-refractivity contribution in [2.75, 3.05) is 0 Å². The highest BCUT2D eigenvalue weighted by atomic mass is 79.9. The molecule has 1 amide bonds. The van der Waals surface area contributed by atoms with Gasteiger partial charge in [-0.15, -0.1) is 0 Å². The SMILES string of the molecule is O=C(NCc1ccc(Cn2ccccc2=O)cc1)c1ccccc1Br. The summed E-state index contributed by atoms with van der Waals surface area (Å²) >= 11 is 3.38. The van der Waals surface area contributed by atoms with E-state index in [0.717, 1.165) is 15.6 Å². The Morgan fingerprint density at radius 2 is 1.60 bits per heavy atom. The normalized spacial score (nSPS) is 10.4. The van der Waals surface area contributed by atoms with Gasteiger partial charge in [-0.25, -0.2) is 0 Å². The minimum absolute atomic E-state index is 0.0210. The third kappa shape index (κ3) is 4.45. The van der Waals surface area contributed by atoms with E-state index < -0.39 is 0 Å². The first kappa shape index (κ1) is 17.2. The van der Waals surface area contributed by atoms with Gasteiger partial charge in [0.25, 0.3) is 11.5 Å². The van der Waals surface area contributed by atoms with Crippen LogP contribution in [0.25, 0.3) is 0 Å². The van der Waals surface area contributed by atoms with Crippen LogP contribution in [0.3, 0.4) is 0 Å². The monoisotopic (exact) mass is 396 g/mol. The molecule has 0 aliphatic heterocycles. The number of rotatable bonds is 5. The van der Waals surface area contributed by atoms with Gasteiger partial charge < -0.3 is 9.88 Å². The van der Waals surface area contributed by atoms with E-state index in [-0.39, 0.29) is 11.5 Å². The van der Waals surface area contributed by atoms with Gasteiger partial charge in [0.05, 0.1) is 12.1 Å². The maximum absolute atomic E-state index is 12.2. The molecule has 0 spiro atoms. The van der Waals surface area contributed by atoms with Crippen LogP contribution in [0.1, 0.15) is 21.5 Å². The van der Waals surface area contributed by atoms with Gasteiger partial charge >= 0.3 is 0 Å². The summed E-state index contributed by atoms with van der Waals surface area (Å²) in [5.74, 6) is -0.118. The maximum Gasteiger partial charge on any atom is 0.252 e. The highest BCUT2D eigenvalue weighted by molar-refractivity contribution is 9.10. The molecular weight excluding hydrogens is 380 g/mol. The standard InChI is InChI=1S/C20H17BrN2O2/c21-18-6-2-1-5-17(18)20(25)22-13-15-8-10-16(11-9-15)14-23-12-4-3-7-19(23)24/h1-12H,13-14H2,(H,22,25). The van der Waals surface area contributed by atoms with E-state index in [4.69, 9.17) is 0 Å². The number of benzene rings is 2. The Hall–Kier alpha value is -2.66. The minimum atomic E-state index is -0.118. The molecule has 4 nitrogen and oxygen atoms in total. The van der Waals surface area contributed by atoms with Gasteiger partial charge in [0.2, 0.25) is 0 Å². The van der Waals surface area contributed by atoms with Crippen LogP contribution in [-0.4, -0.2) is 10.5 Å². The van der Waals surface area contributed by atoms with E-state index in [2.05, 4.69) is 21.2 Å². The lowest BCUT2D eigenvalue weighted by atomic mass is 10.1. The van der Waals surface area contributed by atoms with E-state index in [1.165, 1.54) is 0 Å². The molecular formula is C20H17BrN2O2. The zero-order valence-corrected chi connectivity index (χ0v) is 15.1. The van der Waals surface area contributed by atoms with Crippen molar-refractivity contribution in [1.29, 1.82) is 0 Å². The van der Waals surface area contributed by atoms with Crippen molar-refractivity contribution >= 4 is 21.8 Å². The number of hydrogen-bond donors (Lipinski definition) is 1. The largest absolute Gasteiger partial charge is 0.348 e. The van der Waals surface area contributed by atoms with Crippen LogP contribution in [-0.2, 0) is 13.1 Å². The van der Waals surface area contributed by atoms with Gasteiger partial charge in [0.1, 0.15) is 0 Å². The number of aromatic nitrogens is 1. The Bertz CT molecular complexity index is 933. The van der Waals surface area contributed by atoms with Gasteiger partial charge in [-0.1, -0.05) is 42.5 Å². The molecule has 1 N–H and O–H groups in total. The molecule has 0 atom stereocenters. The maximum atomic E-state index is 12.2. The number of nitrogens with zero attached hydrogens (tertiary/aromatic N) is 1. The van der Waals surface area contributed by atoms with Crippen molar-refractivity contribution in [2.45, 2.75) is 13.1 Å². The molecule has 0 unspecified atom stereocenters. The predicted molar refractivity (Wildman–Crippen MR) is 102 cm³/mol. The van der Waals surface area contributed by atoms with Crippen LogP contribution < -0.4 is 10.9 Å². The Balaban J connectivity index is 1.61. The quantitative estimate of drug-likeness (QED) is 0.716. The third-order valence-electron chi connectivity index (χ3n) is 3.85. The fourth-order valence-corrected chi connectivity index (χ4v) is 2.94. The number of hydrogen-bond acceptors (Lipinski definition) is 2. The molecule has 0 aliphatic rings. The van der Waals surface area contributed by atoms with Crippen LogP contribution in [0.2, 0.25) is 0 Å². The fraction of sp³-hybridized carbons (Fsp3) is 0.100. The Morgan fingerprint density at radius 3 is 2.32 bits per heavy atom. The molecule has 0 radical (unpaired) electrons. The molecule has 25 heavy (non-hydrogen) atoms. The lowest BCUT2D eigenvalue weighted by Crippen LogP contribution is -2.23. The van der Waals surface area contributed by atoms with Crippen molar-refractivity contribution in [3.63, 3.8) is 0 Å². The molecule has 0 saturated heterocycles. The topological polar surface area (TPSA) is 51.1 Å². The molecule has 5 heteroatoms. The number of pyridine rings is 1. The molecule has 0 bridgehead atoms. The number of halogens is 1. The number of carbonyl (C=O) groups excluding carboxylic acids is 1. The van der Waals surface area contributed by atoms with Gasteiger partial charge in [-0.2, -0.15) is 0 Å². The molecule has 0 aliphatic carbocycles. The summed E-state index contributed by atoms with van der Waals surface area (Å²) < 4.78 is 2.43. The molecule has 2 aromatic carbocycles. The van der Waals surface area contributed by atoms with E-state index in [9.17, 15) is 9.59 Å². The second-order valence-electron chi connectivity index (χ2n) is 5.65. The Morgan fingerprint density at radius 1 is 0.920 bits per heavy atom. The van der Waals surface area contributed by atoms with Gasteiger partial charge in [0, 0.05) is 23.3 Å². The van der Waals surface area contributed by atoms with Crippen molar-refractivity contribution in [1.82, 2.24) is 9.88 Å². The van der Waals surface area contributed by atoms with Crippen molar-refractivity contribution < 1.29 is 4.79 Å². The first-order chi connectivity index (χ1) is 12.1. The second kappa shape index (κ2) is 7.94. The summed E-state index contributed by atoms with van der Waals surface area (Å²) in [6, 6.07) is 20.3. The van der Waals surface area contributed by atoms with Crippen LogP contribution in [0.15, 0.2) is 82.2 Å². The molecule has 1 heterocycles. The zero-order valence-electron chi connectivity index (χ0n) is 13.5. The first-order valence-corrected chi connectivity index (χ1v) is 8.69. The molecule has 0 saturated carbocycles. The molecule has 3 aromatic rings. The predicted octanol–water partition coefficient (Wildman–Crippen LogP) is 3.59. The van der Waals surface area contributed by atoms with E-state index in [1.807, 2.05) is 48.5 Å². The fourth-order valence-electron chi connectivity index (χ4n) is 2.47. The van der Waals surface area contributed by atoms with Crippen molar-refractivity contribution in [3.8, 4) is 0 Å². The van der Waals surface area contributed by atoms with Gasteiger partial charge in [-0.3, -0.25) is 9.59 Å². The summed E-state index contributed by atoms with van der Waals surface area (Å²) in [6.45, 7) is 0.981. The van der Waals surface area contributed by atoms with E-state index in [1.54, 1.807) is 29.0 Å². The first-order valence-electron chi connectivity index (χ1n) is 7.89. The highest BCUT2D eigenvalue weighted by Crippen LogP contribution is 2.15. The Labute approximate surface area is 154 Å². The number of amides is 1. The second-order valence-corrected chi connectivity index (χ2v) is 6.50. The van der Waals surface area contributed by atoms with Gasteiger partial charge in [-0.05, 0) is 45.3 Å². The highest BCUT2D eigenvalue weighted by Gasteiger charge is 2.08. The van der Waals surface area contributed by atoms with Gasteiger partial charge in [0.15, 0.2) is 0 Å². The lowest BCUT2D eigenvalue weighted by Gasteiger charge is -2.09. The third-order valence-corrected chi connectivity index (χ3v) is 4.54. The molecule has 1 aromatic heterocycles. The lowest BCUT2D eigenvalue weighted by molar-refractivity contribution is 0.0950. The average Bonchev–Trinajstić information content (AvgIpc) is 2.63. The summed E-state index contributed by atoms with van der Waals surface area (Å²) in [4.78, 5) is 23.9. The van der Waals surface area contributed by atoms with Crippen LogP contribution in [0, 0.1) is 0 Å². The zero-order chi connectivity index (χ0) is 17.6.